The van der Waals surface area contributed by atoms with Gasteiger partial charge in [0.15, 0.2) is 13.2 Å². The average Bonchev–Trinajstić information content (AvgIpc) is 2.61. The number of amides is 1. The Morgan fingerprint density at radius 3 is 2.52 bits per heavy atom. The lowest BCUT2D eigenvalue weighted by Crippen LogP contribution is -2.24. The SMILES string of the molecule is Cc1ccc(Cl)cc1NC(=O)COC(=O)COc1ccc(C=O)cc1. The van der Waals surface area contributed by atoms with E-state index in [9.17, 15) is 14.4 Å². The number of aldehydes is 1. The maximum absolute atomic E-state index is 11.8. The fourth-order valence-electron chi connectivity index (χ4n) is 1.89. The maximum atomic E-state index is 11.8. The predicted octanol–water partition coefficient (Wildman–Crippen LogP) is 3.02. The van der Waals surface area contributed by atoms with Crippen LogP contribution >= 0.6 is 11.6 Å². The molecule has 0 aliphatic carbocycles. The Balaban J connectivity index is 1.76. The molecule has 0 saturated heterocycles. The highest BCUT2D eigenvalue weighted by atomic mass is 35.5. The van der Waals surface area contributed by atoms with Crippen LogP contribution < -0.4 is 10.1 Å². The second-order valence-electron chi connectivity index (χ2n) is 5.14. The van der Waals surface area contributed by atoms with Crippen LogP contribution in [0.4, 0.5) is 5.69 Å². The predicted molar refractivity (Wildman–Crippen MR) is 93.1 cm³/mol. The van der Waals surface area contributed by atoms with Gasteiger partial charge in [0.2, 0.25) is 0 Å². The van der Waals surface area contributed by atoms with Gasteiger partial charge >= 0.3 is 5.97 Å². The molecule has 0 aliphatic rings. The lowest BCUT2D eigenvalue weighted by atomic mass is 10.2. The van der Waals surface area contributed by atoms with Gasteiger partial charge in [-0.05, 0) is 48.9 Å². The molecular weight excluding hydrogens is 346 g/mol. The van der Waals surface area contributed by atoms with E-state index in [-0.39, 0.29) is 6.61 Å². The molecule has 7 heteroatoms. The van der Waals surface area contributed by atoms with Crippen molar-refractivity contribution in [3.8, 4) is 5.75 Å². The van der Waals surface area contributed by atoms with Crippen LogP contribution in [-0.2, 0) is 14.3 Å². The molecule has 1 amide bonds. The minimum Gasteiger partial charge on any atom is -0.482 e. The van der Waals surface area contributed by atoms with Crippen LogP contribution in [0.1, 0.15) is 15.9 Å². The molecule has 0 radical (unpaired) electrons. The fourth-order valence-corrected chi connectivity index (χ4v) is 2.06. The molecule has 130 valence electrons. The Kier molecular flexibility index (Phi) is 6.54. The number of nitrogens with one attached hydrogen (secondary N) is 1. The van der Waals surface area contributed by atoms with Crippen molar-refractivity contribution in [1.82, 2.24) is 0 Å². The summed E-state index contributed by atoms with van der Waals surface area (Å²) in [6.07, 6.45) is 0.707. The third kappa shape index (κ3) is 5.93. The summed E-state index contributed by atoms with van der Waals surface area (Å²) in [5, 5.41) is 3.11. The topological polar surface area (TPSA) is 81.7 Å². The van der Waals surface area contributed by atoms with Gasteiger partial charge in [-0.1, -0.05) is 17.7 Å². The van der Waals surface area contributed by atoms with Crippen LogP contribution in [0.2, 0.25) is 5.02 Å². The third-order valence-electron chi connectivity index (χ3n) is 3.21. The summed E-state index contributed by atoms with van der Waals surface area (Å²) in [6.45, 7) is 1.05. The van der Waals surface area contributed by atoms with Crippen LogP contribution in [0, 0.1) is 6.92 Å². The van der Waals surface area contributed by atoms with E-state index >= 15 is 0 Å². The first kappa shape index (κ1) is 18.5. The molecule has 0 spiro atoms. The lowest BCUT2D eigenvalue weighted by molar-refractivity contribution is -0.149. The molecule has 0 aliphatic heterocycles. The summed E-state index contributed by atoms with van der Waals surface area (Å²) in [5.41, 5.74) is 1.90. The summed E-state index contributed by atoms with van der Waals surface area (Å²) in [4.78, 5) is 34.0. The molecule has 0 atom stereocenters. The zero-order valence-electron chi connectivity index (χ0n) is 13.5. The first-order valence-corrected chi connectivity index (χ1v) is 7.75. The Morgan fingerprint density at radius 2 is 1.84 bits per heavy atom. The molecule has 0 fully saturated rings. The van der Waals surface area contributed by atoms with Crippen molar-refractivity contribution in [2.45, 2.75) is 6.92 Å². The summed E-state index contributed by atoms with van der Waals surface area (Å²) >= 11 is 5.87. The molecule has 2 aromatic carbocycles. The number of hydrogen-bond acceptors (Lipinski definition) is 5. The number of aryl methyl sites for hydroxylation is 1. The normalized spacial score (nSPS) is 10.0. The smallest absolute Gasteiger partial charge is 0.344 e. The molecule has 2 rings (SSSR count). The van der Waals surface area contributed by atoms with Gasteiger partial charge in [0, 0.05) is 16.3 Å². The van der Waals surface area contributed by atoms with Gasteiger partial charge in [-0.25, -0.2) is 4.79 Å². The summed E-state index contributed by atoms with van der Waals surface area (Å²) in [7, 11) is 0. The van der Waals surface area contributed by atoms with Gasteiger partial charge in [-0.15, -0.1) is 0 Å². The zero-order chi connectivity index (χ0) is 18.2. The standard InChI is InChI=1S/C18H16ClNO5/c1-12-2-5-14(19)8-16(12)20-17(22)10-25-18(23)11-24-15-6-3-13(9-21)4-7-15/h2-9H,10-11H2,1H3,(H,20,22). The Hall–Kier alpha value is -2.86. The largest absolute Gasteiger partial charge is 0.482 e. The van der Waals surface area contributed by atoms with Gasteiger partial charge in [-0.3, -0.25) is 9.59 Å². The number of carbonyl (C=O) groups is 3. The van der Waals surface area contributed by atoms with Crippen molar-refractivity contribution in [2.75, 3.05) is 18.5 Å². The number of anilines is 1. The summed E-state index contributed by atoms with van der Waals surface area (Å²) in [6, 6.07) is 11.3. The van der Waals surface area contributed by atoms with Crippen LogP contribution in [0.5, 0.6) is 5.75 Å². The van der Waals surface area contributed by atoms with Gasteiger partial charge < -0.3 is 14.8 Å². The van der Waals surface area contributed by atoms with Gasteiger partial charge in [0.05, 0.1) is 0 Å². The van der Waals surface area contributed by atoms with Crippen molar-refractivity contribution in [1.29, 1.82) is 0 Å². The number of esters is 1. The monoisotopic (exact) mass is 361 g/mol. The Bertz CT molecular complexity index is 774. The van der Waals surface area contributed by atoms with Crippen molar-refractivity contribution in [2.24, 2.45) is 0 Å². The van der Waals surface area contributed by atoms with Crippen molar-refractivity contribution in [3.63, 3.8) is 0 Å². The first-order valence-electron chi connectivity index (χ1n) is 7.37. The minimum absolute atomic E-state index is 0.343. The Labute approximate surface area is 149 Å². The van der Waals surface area contributed by atoms with Crippen LogP contribution in [-0.4, -0.2) is 31.4 Å². The van der Waals surface area contributed by atoms with Crippen LogP contribution in [0.15, 0.2) is 42.5 Å². The van der Waals surface area contributed by atoms with Gasteiger partial charge in [-0.2, -0.15) is 0 Å². The maximum Gasteiger partial charge on any atom is 0.344 e. The fraction of sp³-hybridized carbons (Fsp3) is 0.167. The second-order valence-corrected chi connectivity index (χ2v) is 5.58. The Morgan fingerprint density at radius 1 is 1.12 bits per heavy atom. The summed E-state index contributed by atoms with van der Waals surface area (Å²) < 4.78 is 10.1. The third-order valence-corrected chi connectivity index (χ3v) is 3.45. The number of hydrogen-bond donors (Lipinski definition) is 1. The van der Waals surface area contributed by atoms with E-state index in [1.165, 1.54) is 0 Å². The van der Waals surface area contributed by atoms with E-state index < -0.39 is 18.5 Å². The molecule has 25 heavy (non-hydrogen) atoms. The molecule has 0 unspecified atom stereocenters. The molecule has 0 aromatic heterocycles. The number of ether oxygens (including phenoxy) is 2. The van der Waals surface area contributed by atoms with E-state index in [0.717, 1.165) is 5.56 Å². The highest BCUT2D eigenvalue weighted by Gasteiger charge is 2.10. The van der Waals surface area contributed by atoms with Crippen molar-refractivity contribution in [3.05, 3.63) is 58.6 Å². The number of rotatable bonds is 7. The molecule has 0 heterocycles. The molecule has 2 aromatic rings. The van der Waals surface area contributed by atoms with Gasteiger partial charge in [0.1, 0.15) is 12.0 Å². The molecule has 0 bridgehead atoms. The van der Waals surface area contributed by atoms with Crippen LogP contribution in [0.25, 0.3) is 0 Å². The molecular formula is C18H16ClNO5. The minimum atomic E-state index is -0.683. The van der Waals surface area contributed by atoms with E-state index in [1.54, 1.807) is 42.5 Å². The van der Waals surface area contributed by atoms with E-state index in [1.807, 2.05) is 6.92 Å². The number of benzene rings is 2. The number of halogens is 1. The van der Waals surface area contributed by atoms with E-state index in [0.29, 0.717) is 28.3 Å². The van der Waals surface area contributed by atoms with E-state index in [2.05, 4.69) is 5.32 Å². The first-order chi connectivity index (χ1) is 12.0. The summed E-state index contributed by atoms with van der Waals surface area (Å²) in [5.74, 6) is -0.743. The highest BCUT2D eigenvalue weighted by molar-refractivity contribution is 6.31. The quantitative estimate of drug-likeness (QED) is 0.605. The lowest BCUT2D eigenvalue weighted by Gasteiger charge is -2.10. The second kappa shape index (κ2) is 8.84. The van der Waals surface area contributed by atoms with Crippen molar-refractivity contribution < 1.29 is 23.9 Å². The van der Waals surface area contributed by atoms with E-state index in [4.69, 9.17) is 21.1 Å². The molecule has 1 N–H and O–H groups in total. The van der Waals surface area contributed by atoms with Crippen LogP contribution in [0.3, 0.4) is 0 Å². The number of carbonyl (C=O) groups excluding carboxylic acids is 3. The average molecular weight is 362 g/mol. The van der Waals surface area contributed by atoms with Gasteiger partial charge in [0.25, 0.3) is 5.91 Å². The molecule has 0 saturated carbocycles. The molecule has 6 nitrogen and oxygen atoms in total. The highest BCUT2D eigenvalue weighted by Crippen LogP contribution is 2.20. The zero-order valence-corrected chi connectivity index (χ0v) is 14.2. The van der Waals surface area contributed by atoms with Crippen molar-refractivity contribution >= 4 is 35.5 Å².